The van der Waals surface area contributed by atoms with E-state index < -0.39 is 0 Å². The molecule has 0 radical (unpaired) electrons. The molecule has 1 aromatic carbocycles. The first kappa shape index (κ1) is 16.5. The predicted octanol–water partition coefficient (Wildman–Crippen LogP) is 4.51. The van der Waals surface area contributed by atoms with Crippen molar-refractivity contribution in [2.45, 2.75) is 50.3 Å². The van der Waals surface area contributed by atoms with Gasteiger partial charge in [-0.15, -0.1) is 0 Å². The fourth-order valence-electron chi connectivity index (χ4n) is 1.90. The maximum absolute atomic E-state index is 4.47. The van der Waals surface area contributed by atoms with Crippen molar-refractivity contribution in [2.24, 2.45) is 0 Å². The van der Waals surface area contributed by atoms with Crippen molar-refractivity contribution >= 4 is 27.7 Å². The molecular formula is C16H20BrN3S. The van der Waals surface area contributed by atoms with Gasteiger partial charge < -0.3 is 5.32 Å². The lowest BCUT2D eigenvalue weighted by molar-refractivity contribution is 0.588. The van der Waals surface area contributed by atoms with Crippen molar-refractivity contribution in [1.82, 2.24) is 15.3 Å². The van der Waals surface area contributed by atoms with Crippen LogP contribution in [0.5, 0.6) is 0 Å². The zero-order valence-electron chi connectivity index (χ0n) is 12.8. The molecule has 0 aliphatic rings. The summed E-state index contributed by atoms with van der Waals surface area (Å²) in [4.78, 5) is 10.1. The van der Waals surface area contributed by atoms with E-state index in [9.17, 15) is 0 Å². The first-order valence-corrected chi connectivity index (χ1v) is 8.57. The first-order valence-electron chi connectivity index (χ1n) is 6.96. The van der Waals surface area contributed by atoms with Crippen LogP contribution in [0.4, 0.5) is 0 Å². The van der Waals surface area contributed by atoms with E-state index >= 15 is 0 Å². The third kappa shape index (κ3) is 5.09. The van der Waals surface area contributed by atoms with Gasteiger partial charge in [0.05, 0.1) is 0 Å². The number of nitrogens with one attached hydrogen (secondary N) is 1. The van der Waals surface area contributed by atoms with Crippen molar-refractivity contribution in [2.75, 3.05) is 0 Å². The summed E-state index contributed by atoms with van der Waals surface area (Å²) < 4.78 is 1.08. The summed E-state index contributed by atoms with van der Waals surface area (Å²) in [5.74, 6) is 0. The van der Waals surface area contributed by atoms with Gasteiger partial charge in [0.15, 0.2) is 5.16 Å². The lowest BCUT2D eigenvalue weighted by Gasteiger charge is -2.10. The summed E-state index contributed by atoms with van der Waals surface area (Å²) in [6, 6.07) is 8.89. The van der Waals surface area contributed by atoms with E-state index in [-0.39, 0.29) is 0 Å². The molecule has 2 aromatic rings. The monoisotopic (exact) mass is 365 g/mol. The summed E-state index contributed by atoms with van der Waals surface area (Å²) in [6.07, 6.45) is 0. The summed E-state index contributed by atoms with van der Waals surface area (Å²) in [5, 5.41) is 4.21. The number of nitrogens with zero attached hydrogens (tertiary/aromatic N) is 2. The molecular weight excluding hydrogens is 346 g/mol. The number of halogens is 1. The van der Waals surface area contributed by atoms with E-state index in [1.807, 2.05) is 19.9 Å². The molecule has 0 amide bonds. The molecule has 0 saturated heterocycles. The van der Waals surface area contributed by atoms with Crippen molar-refractivity contribution < 1.29 is 0 Å². The largest absolute Gasteiger partial charge is 0.310 e. The second-order valence-corrected chi connectivity index (χ2v) is 7.20. The Hall–Kier alpha value is -0.910. The standard InChI is InChI=1S/C16H20BrN3S/c1-10(2)18-9-13-5-6-15(14(17)8-13)21-16-19-11(3)7-12(4)20-16/h5-8,10,18H,9H2,1-4H3. The molecule has 0 aliphatic heterocycles. The number of hydrogen-bond donors (Lipinski definition) is 1. The van der Waals surface area contributed by atoms with Crippen LogP contribution in [0.15, 0.2) is 38.8 Å². The highest BCUT2D eigenvalue weighted by molar-refractivity contribution is 9.10. The van der Waals surface area contributed by atoms with Crippen LogP contribution in [0.3, 0.4) is 0 Å². The summed E-state index contributed by atoms with van der Waals surface area (Å²) >= 11 is 5.23. The van der Waals surface area contributed by atoms with Gasteiger partial charge in [-0.2, -0.15) is 0 Å². The van der Waals surface area contributed by atoms with Crippen LogP contribution in [-0.2, 0) is 6.54 Å². The van der Waals surface area contributed by atoms with Crippen molar-refractivity contribution in [3.63, 3.8) is 0 Å². The second-order valence-electron chi connectivity index (χ2n) is 5.34. The van der Waals surface area contributed by atoms with Crippen LogP contribution in [-0.4, -0.2) is 16.0 Å². The van der Waals surface area contributed by atoms with Crippen LogP contribution in [0.25, 0.3) is 0 Å². The van der Waals surface area contributed by atoms with Crippen LogP contribution < -0.4 is 5.32 Å². The zero-order chi connectivity index (χ0) is 15.4. The molecule has 0 aliphatic carbocycles. The number of hydrogen-bond acceptors (Lipinski definition) is 4. The topological polar surface area (TPSA) is 37.8 Å². The van der Waals surface area contributed by atoms with Crippen molar-refractivity contribution in [1.29, 1.82) is 0 Å². The summed E-state index contributed by atoms with van der Waals surface area (Å²) in [5.41, 5.74) is 3.26. The molecule has 2 rings (SSSR count). The minimum absolute atomic E-state index is 0.487. The molecule has 1 aromatic heterocycles. The Kier molecular flexibility index (Phi) is 5.79. The number of aromatic nitrogens is 2. The van der Waals surface area contributed by atoms with E-state index in [1.165, 1.54) is 5.56 Å². The Balaban J connectivity index is 2.13. The fourth-order valence-corrected chi connectivity index (χ4v) is 3.43. The lowest BCUT2D eigenvalue weighted by Crippen LogP contribution is -2.21. The molecule has 1 heterocycles. The maximum Gasteiger partial charge on any atom is 0.192 e. The van der Waals surface area contributed by atoms with Gasteiger partial charge in [0.25, 0.3) is 0 Å². The van der Waals surface area contributed by atoms with E-state index in [0.29, 0.717) is 6.04 Å². The molecule has 0 atom stereocenters. The molecule has 0 bridgehead atoms. The molecule has 0 unspecified atom stereocenters. The Morgan fingerprint density at radius 2 is 1.81 bits per heavy atom. The lowest BCUT2D eigenvalue weighted by atomic mass is 10.2. The van der Waals surface area contributed by atoms with Crippen molar-refractivity contribution in [3.8, 4) is 0 Å². The Morgan fingerprint density at radius 1 is 1.14 bits per heavy atom. The number of aryl methyl sites for hydroxylation is 2. The number of rotatable bonds is 5. The number of benzene rings is 1. The Labute approximate surface area is 139 Å². The highest BCUT2D eigenvalue weighted by Gasteiger charge is 2.07. The van der Waals surface area contributed by atoms with Crippen molar-refractivity contribution in [3.05, 3.63) is 45.7 Å². The average Bonchev–Trinajstić information content (AvgIpc) is 2.38. The fraction of sp³-hybridized carbons (Fsp3) is 0.375. The van der Waals surface area contributed by atoms with Gasteiger partial charge in [0.1, 0.15) is 0 Å². The van der Waals surface area contributed by atoms with E-state index in [0.717, 1.165) is 32.5 Å². The molecule has 0 fully saturated rings. The summed E-state index contributed by atoms with van der Waals surface area (Å²) in [6.45, 7) is 9.16. The van der Waals surface area contributed by atoms with Gasteiger partial charge in [-0.1, -0.05) is 19.9 Å². The third-order valence-electron chi connectivity index (χ3n) is 2.87. The van der Waals surface area contributed by atoms with Gasteiger partial charge in [0, 0.05) is 33.3 Å². The SMILES string of the molecule is Cc1cc(C)nc(Sc2ccc(CNC(C)C)cc2Br)n1. The molecule has 0 spiro atoms. The highest BCUT2D eigenvalue weighted by atomic mass is 79.9. The van der Waals surface area contributed by atoms with Gasteiger partial charge in [-0.3, -0.25) is 0 Å². The molecule has 112 valence electrons. The minimum Gasteiger partial charge on any atom is -0.310 e. The van der Waals surface area contributed by atoms with Crippen LogP contribution in [0, 0.1) is 13.8 Å². The first-order chi connectivity index (χ1) is 9.94. The second kappa shape index (κ2) is 7.38. The van der Waals surface area contributed by atoms with E-state index in [2.05, 4.69) is 63.3 Å². The molecule has 1 N–H and O–H groups in total. The van der Waals surface area contributed by atoms with Crippen LogP contribution in [0.2, 0.25) is 0 Å². The summed E-state index contributed by atoms with van der Waals surface area (Å²) in [7, 11) is 0. The van der Waals surface area contributed by atoms with Gasteiger partial charge in [0.2, 0.25) is 0 Å². The smallest absolute Gasteiger partial charge is 0.192 e. The zero-order valence-corrected chi connectivity index (χ0v) is 15.2. The maximum atomic E-state index is 4.47. The van der Waals surface area contributed by atoms with Gasteiger partial charge >= 0.3 is 0 Å². The van der Waals surface area contributed by atoms with Crippen LogP contribution in [0.1, 0.15) is 30.8 Å². The average molecular weight is 366 g/mol. The molecule has 0 saturated carbocycles. The quantitative estimate of drug-likeness (QED) is 0.791. The Bertz CT molecular complexity index is 609. The normalized spacial score (nSPS) is 11.1. The molecule has 3 nitrogen and oxygen atoms in total. The minimum atomic E-state index is 0.487. The predicted molar refractivity (Wildman–Crippen MR) is 91.7 cm³/mol. The molecule has 5 heteroatoms. The van der Waals surface area contributed by atoms with Gasteiger partial charge in [-0.05, 0) is 65.3 Å². The van der Waals surface area contributed by atoms with E-state index in [4.69, 9.17) is 0 Å². The molecule has 21 heavy (non-hydrogen) atoms. The van der Waals surface area contributed by atoms with Gasteiger partial charge in [-0.25, -0.2) is 9.97 Å². The highest BCUT2D eigenvalue weighted by Crippen LogP contribution is 2.32. The third-order valence-corrected chi connectivity index (χ3v) is 4.73. The Morgan fingerprint density at radius 3 is 2.38 bits per heavy atom. The van der Waals surface area contributed by atoms with E-state index in [1.54, 1.807) is 11.8 Å². The van der Waals surface area contributed by atoms with Crippen LogP contribution >= 0.6 is 27.7 Å².